The first-order valence-electron chi connectivity index (χ1n) is 9.23. The Morgan fingerprint density at radius 3 is 2.61 bits per heavy atom. The number of carbonyl (C=O) groups excluding carboxylic acids is 1. The van der Waals surface area contributed by atoms with Crippen LogP contribution in [0.5, 0.6) is 17.6 Å². The molecule has 0 spiro atoms. The van der Waals surface area contributed by atoms with Gasteiger partial charge in [0, 0.05) is 24.5 Å². The highest BCUT2D eigenvalue weighted by Crippen LogP contribution is 2.33. The summed E-state index contributed by atoms with van der Waals surface area (Å²) >= 11 is 1.40. The van der Waals surface area contributed by atoms with Gasteiger partial charge in [0.1, 0.15) is 11.4 Å². The molecular formula is C21H19N5O4S. The number of ether oxygens (including phenoxy) is 3. The quantitative estimate of drug-likeness (QED) is 0.434. The molecule has 0 unspecified atom stereocenters. The predicted octanol–water partition coefficient (Wildman–Crippen LogP) is 3.35. The van der Waals surface area contributed by atoms with Crippen molar-refractivity contribution in [2.45, 2.75) is 6.54 Å². The lowest BCUT2D eigenvalue weighted by Gasteiger charge is -2.19. The van der Waals surface area contributed by atoms with Crippen LogP contribution in [0.15, 0.2) is 48.8 Å². The van der Waals surface area contributed by atoms with Crippen molar-refractivity contribution < 1.29 is 19.0 Å². The number of hydrogen-bond donors (Lipinski definition) is 0. The van der Waals surface area contributed by atoms with Gasteiger partial charge in [-0.15, -0.1) is 0 Å². The Balaban J connectivity index is 1.78. The number of rotatable bonds is 7. The third-order valence-corrected chi connectivity index (χ3v) is 5.48. The largest absolute Gasteiger partial charge is 0.497 e. The first-order valence-corrected chi connectivity index (χ1v) is 10.1. The van der Waals surface area contributed by atoms with Crippen molar-refractivity contribution in [2.24, 2.45) is 0 Å². The van der Waals surface area contributed by atoms with Crippen LogP contribution < -0.4 is 19.1 Å². The smallest absolute Gasteiger partial charge is 0.320 e. The highest BCUT2D eigenvalue weighted by atomic mass is 32.1. The molecule has 3 aromatic heterocycles. The molecule has 0 aliphatic rings. The van der Waals surface area contributed by atoms with Gasteiger partial charge in [0.15, 0.2) is 5.13 Å². The number of nitrogens with zero attached hydrogens (tertiary/aromatic N) is 5. The van der Waals surface area contributed by atoms with Gasteiger partial charge in [0.05, 0.1) is 38.1 Å². The van der Waals surface area contributed by atoms with Gasteiger partial charge in [-0.3, -0.25) is 14.7 Å². The lowest BCUT2D eigenvalue weighted by molar-refractivity contribution is 0.0978. The van der Waals surface area contributed by atoms with Crippen LogP contribution in [0.1, 0.15) is 16.1 Å². The second-order valence-electron chi connectivity index (χ2n) is 6.36. The molecule has 0 atom stereocenters. The number of pyridine rings is 1. The molecule has 4 aromatic rings. The summed E-state index contributed by atoms with van der Waals surface area (Å²) in [6.45, 7) is 0.262. The van der Waals surface area contributed by atoms with E-state index < -0.39 is 0 Å². The van der Waals surface area contributed by atoms with Crippen LogP contribution in [0, 0.1) is 0 Å². The van der Waals surface area contributed by atoms with Gasteiger partial charge < -0.3 is 14.2 Å². The first-order chi connectivity index (χ1) is 15.1. The van der Waals surface area contributed by atoms with Gasteiger partial charge >= 0.3 is 6.01 Å². The molecular weight excluding hydrogens is 418 g/mol. The Bertz CT molecular complexity index is 1190. The minimum absolute atomic E-state index is 0.0399. The van der Waals surface area contributed by atoms with E-state index >= 15 is 0 Å². The van der Waals surface area contributed by atoms with Gasteiger partial charge in [-0.2, -0.15) is 9.97 Å². The Labute approximate surface area is 182 Å². The summed E-state index contributed by atoms with van der Waals surface area (Å²) in [5.74, 6) is 0.555. The minimum atomic E-state index is -0.367. The molecule has 4 rings (SSSR count). The van der Waals surface area contributed by atoms with Gasteiger partial charge in [-0.25, -0.2) is 4.98 Å². The highest BCUT2D eigenvalue weighted by Gasteiger charge is 2.25. The molecule has 0 fully saturated rings. The second kappa shape index (κ2) is 8.92. The molecule has 158 valence electrons. The molecule has 10 heteroatoms. The molecule has 3 heterocycles. The summed E-state index contributed by atoms with van der Waals surface area (Å²) in [7, 11) is 4.49. The molecule has 0 radical (unpaired) electrons. The van der Waals surface area contributed by atoms with E-state index in [4.69, 9.17) is 14.2 Å². The number of hydrogen-bond acceptors (Lipinski definition) is 9. The van der Waals surface area contributed by atoms with E-state index in [9.17, 15) is 4.79 Å². The SMILES string of the molecule is COc1ccc2sc(N(Cc3cccnc3)C(=O)c3cc(OC)nc(OC)n3)nc2c1. The number of amides is 1. The van der Waals surface area contributed by atoms with Gasteiger partial charge in [-0.05, 0) is 23.8 Å². The Morgan fingerprint density at radius 1 is 1.03 bits per heavy atom. The third kappa shape index (κ3) is 4.38. The monoisotopic (exact) mass is 437 g/mol. The summed E-state index contributed by atoms with van der Waals surface area (Å²) in [6, 6.07) is 10.8. The molecule has 0 bridgehead atoms. The summed E-state index contributed by atoms with van der Waals surface area (Å²) < 4.78 is 16.5. The zero-order valence-corrected chi connectivity index (χ0v) is 17.9. The summed E-state index contributed by atoms with van der Waals surface area (Å²) in [6.07, 6.45) is 3.39. The lowest BCUT2D eigenvalue weighted by atomic mass is 10.2. The fourth-order valence-corrected chi connectivity index (χ4v) is 3.83. The van der Waals surface area contributed by atoms with Crippen molar-refractivity contribution in [1.82, 2.24) is 19.9 Å². The van der Waals surface area contributed by atoms with E-state index in [1.807, 2.05) is 30.3 Å². The van der Waals surface area contributed by atoms with E-state index in [1.54, 1.807) is 24.4 Å². The summed E-state index contributed by atoms with van der Waals surface area (Å²) in [5, 5.41) is 0.522. The number of anilines is 1. The fourth-order valence-electron chi connectivity index (χ4n) is 2.89. The van der Waals surface area contributed by atoms with Crippen molar-refractivity contribution in [1.29, 1.82) is 0 Å². The number of methoxy groups -OCH3 is 3. The molecule has 0 aliphatic heterocycles. The Morgan fingerprint density at radius 2 is 1.90 bits per heavy atom. The topological polar surface area (TPSA) is 99.6 Å². The molecule has 31 heavy (non-hydrogen) atoms. The molecule has 9 nitrogen and oxygen atoms in total. The molecule has 1 amide bonds. The van der Waals surface area contributed by atoms with Gasteiger partial charge in [0.25, 0.3) is 5.91 Å². The lowest BCUT2D eigenvalue weighted by Crippen LogP contribution is -2.31. The predicted molar refractivity (Wildman–Crippen MR) is 116 cm³/mol. The molecule has 0 aliphatic carbocycles. The number of aromatic nitrogens is 4. The van der Waals surface area contributed by atoms with Gasteiger partial charge in [-0.1, -0.05) is 17.4 Å². The van der Waals surface area contributed by atoms with Crippen LogP contribution in [0.4, 0.5) is 5.13 Å². The zero-order valence-electron chi connectivity index (χ0n) is 17.1. The third-order valence-electron chi connectivity index (χ3n) is 4.42. The standard InChI is InChI=1S/C21H19N5O4S/c1-28-14-6-7-17-15(9-14)24-21(31-17)26(12-13-5-4-8-22-11-13)19(27)16-10-18(29-2)25-20(23-16)30-3/h4-11H,12H2,1-3H3. The molecule has 0 saturated heterocycles. The number of benzene rings is 1. The first kappa shape index (κ1) is 20.5. The maximum Gasteiger partial charge on any atom is 0.320 e. The van der Waals surface area contributed by atoms with E-state index in [-0.39, 0.29) is 30.0 Å². The van der Waals surface area contributed by atoms with Crippen LogP contribution in [0.2, 0.25) is 0 Å². The van der Waals surface area contributed by atoms with Crippen LogP contribution in [0.25, 0.3) is 10.2 Å². The van der Waals surface area contributed by atoms with Crippen molar-refractivity contribution in [3.8, 4) is 17.6 Å². The average Bonchev–Trinajstić information content (AvgIpc) is 3.25. The molecule has 0 saturated carbocycles. The zero-order chi connectivity index (χ0) is 21.8. The number of thiazole rings is 1. The van der Waals surface area contributed by atoms with Crippen molar-refractivity contribution in [3.63, 3.8) is 0 Å². The maximum absolute atomic E-state index is 13.5. The van der Waals surface area contributed by atoms with E-state index in [1.165, 1.54) is 31.6 Å². The Hall–Kier alpha value is -3.79. The minimum Gasteiger partial charge on any atom is -0.497 e. The van der Waals surface area contributed by atoms with Crippen molar-refractivity contribution in [3.05, 3.63) is 60.0 Å². The Kier molecular flexibility index (Phi) is 5.89. The highest BCUT2D eigenvalue weighted by molar-refractivity contribution is 7.22. The maximum atomic E-state index is 13.5. The fraction of sp³-hybridized carbons (Fsp3) is 0.190. The van der Waals surface area contributed by atoms with Crippen LogP contribution in [-0.2, 0) is 6.54 Å². The van der Waals surface area contributed by atoms with Crippen LogP contribution in [-0.4, -0.2) is 47.2 Å². The van der Waals surface area contributed by atoms with Crippen LogP contribution in [0.3, 0.4) is 0 Å². The van der Waals surface area contributed by atoms with E-state index in [2.05, 4.69) is 19.9 Å². The molecule has 0 N–H and O–H groups in total. The second-order valence-corrected chi connectivity index (χ2v) is 7.37. The number of fused-ring (bicyclic) bond motifs is 1. The van der Waals surface area contributed by atoms with Gasteiger partial charge in [0.2, 0.25) is 5.88 Å². The molecule has 1 aromatic carbocycles. The summed E-state index contributed by atoms with van der Waals surface area (Å²) in [5.41, 5.74) is 1.71. The van der Waals surface area contributed by atoms with E-state index in [0.717, 1.165) is 15.8 Å². The summed E-state index contributed by atoms with van der Waals surface area (Å²) in [4.78, 5) is 32.2. The van der Waals surface area contributed by atoms with Crippen LogP contribution >= 0.6 is 11.3 Å². The van der Waals surface area contributed by atoms with Crippen molar-refractivity contribution >= 4 is 32.6 Å². The average molecular weight is 437 g/mol. The normalized spacial score (nSPS) is 10.7. The van der Waals surface area contributed by atoms with E-state index in [0.29, 0.717) is 10.9 Å². The van der Waals surface area contributed by atoms with Crippen molar-refractivity contribution in [2.75, 3.05) is 26.2 Å². The number of carbonyl (C=O) groups is 1.